The van der Waals surface area contributed by atoms with Crippen LogP contribution in [-0.4, -0.2) is 13.2 Å². The molecule has 1 unspecified atom stereocenters. The lowest BCUT2D eigenvalue weighted by Crippen LogP contribution is -2.27. The summed E-state index contributed by atoms with van der Waals surface area (Å²) in [7, 11) is 1.70. The highest BCUT2D eigenvalue weighted by Crippen LogP contribution is 2.19. The van der Waals surface area contributed by atoms with E-state index >= 15 is 0 Å². The van der Waals surface area contributed by atoms with Crippen LogP contribution in [0.25, 0.3) is 6.08 Å². The fraction of sp³-hybridized carbons (Fsp3) is 0.263. The number of methoxy groups -OCH3 is 1. The molecule has 0 spiro atoms. The molecule has 0 aliphatic carbocycles. The molecule has 2 atom stereocenters. The van der Waals surface area contributed by atoms with E-state index in [1.807, 2.05) is 18.2 Å². The third kappa shape index (κ3) is 4.76. The van der Waals surface area contributed by atoms with Crippen LogP contribution in [-0.2, 0) is 0 Å². The zero-order chi connectivity index (χ0) is 15.1. The lowest BCUT2D eigenvalue weighted by Gasteiger charge is -2.18. The van der Waals surface area contributed by atoms with Gasteiger partial charge in [0.25, 0.3) is 0 Å². The first-order valence-electron chi connectivity index (χ1n) is 7.32. The molecule has 0 saturated heterocycles. The third-order valence-electron chi connectivity index (χ3n) is 3.48. The number of ether oxygens (including phenoxy) is 1. The van der Waals surface area contributed by atoms with Gasteiger partial charge in [-0.2, -0.15) is 0 Å². The normalized spacial score (nSPS) is 14.0. The van der Waals surface area contributed by atoms with Crippen molar-refractivity contribution in [3.63, 3.8) is 0 Å². The van der Waals surface area contributed by atoms with Gasteiger partial charge in [-0.1, -0.05) is 54.6 Å². The van der Waals surface area contributed by atoms with E-state index in [2.05, 4.69) is 67.7 Å². The van der Waals surface area contributed by atoms with Gasteiger partial charge in [-0.15, -0.1) is 0 Å². The van der Waals surface area contributed by atoms with E-state index in [0.29, 0.717) is 6.04 Å². The van der Waals surface area contributed by atoms with E-state index < -0.39 is 0 Å². The van der Waals surface area contributed by atoms with Crippen molar-refractivity contribution in [1.82, 2.24) is 5.32 Å². The Balaban J connectivity index is 1.95. The second-order valence-electron chi connectivity index (χ2n) is 5.22. The molecule has 110 valence electrons. The molecule has 0 heterocycles. The highest BCUT2D eigenvalue weighted by atomic mass is 16.5. The van der Waals surface area contributed by atoms with Gasteiger partial charge in [0.1, 0.15) is 5.75 Å². The molecule has 2 nitrogen and oxygen atoms in total. The van der Waals surface area contributed by atoms with Gasteiger partial charge in [-0.3, -0.25) is 0 Å². The van der Waals surface area contributed by atoms with Gasteiger partial charge in [0.15, 0.2) is 0 Å². The standard InChI is InChI=1S/C19H23NO/c1-15(12-13-17-8-5-4-6-9-17)20-16(2)18-10-7-11-19(14-18)21-3/h4-16,20H,1-3H3/b13-12+/t15?,16-/m1/s1. The third-order valence-corrected chi connectivity index (χ3v) is 3.48. The Morgan fingerprint density at radius 3 is 2.48 bits per heavy atom. The number of hydrogen-bond donors (Lipinski definition) is 1. The summed E-state index contributed by atoms with van der Waals surface area (Å²) in [6, 6.07) is 19.1. The fourth-order valence-electron chi connectivity index (χ4n) is 2.28. The summed E-state index contributed by atoms with van der Waals surface area (Å²) in [4.78, 5) is 0. The lowest BCUT2D eigenvalue weighted by atomic mass is 10.1. The molecule has 0 amide bonds. The minimum Gasteiger partial charge on any atom is -0.497 e. The molecule has 2 heteroatoms. The number of nitrogens with one attached hydrogen (secondary N) is 1. The Morgan fingerprint density at radius 1 is 1.00 bits per heavy atom. The molecule has 2 aromatic carbocycles. The van der Waals surface area contributed by atoms with Crippen molar-refractivity contribution in [3.05, 3.63) is 71.8 Å². The van der Waals surface area contributed by atoms with Gasteiger partial charge in [-0.25, -0.2) is 0 Å². The van der Waals surface area contributed by atoms with E-state index in [1.165, 1.54) is 11.1 Å². The molecule has 0 radical (unpaired) electrons. The monoisotopic (exact) mass is 281 g/mol. The van der Waals surface area contributed by atoms with Crippen LogP contribution in [0.2, 0.25) is 0 Å². The molecule has 1 N–H and O–H groups in total. The van der Waals surface area contributed by atoms with E-state index in [0.717, 1.165) is 5.75 Å². The number of rotatable bonds is 6. The maximum Gasteiger partial charge on any atom is 0.119 e. The van der Waals surface area contributed by atoms with Gasteiger partial charge in [-0.05, 0) is 37.1 Å². The Labute approximate surface area is 127 Å². The summed E-state index contributed by atoms with van der Waals surface area (Å²) < 4.78 is 5.27. The van der Waals surface area contributed by atoms with Crippen molar-refractivity contribution in [2.45, 2.75) is 25.9 Å². The van der Waals surface area contributed by atoms with Gasteiger partial charge in [0.2, 0.25) is 0 Å². The van der Waals surface area contributed by atoms with Gasteiger partial charge in [0.05, 0.1) is 7.11 Å². The van der Waals surface area contributed by atoms with Crippen molar-refractivity contribution in [2.75, 3.05) is 7.11 Å². The quantitative estimate of drug-likeness (QED) is 0.844. The maximum atomic E-state index is 5.27. The second kappa shape index (κ2) is 7.65. The SMILES string of the molecule is COc1cccc([C@@H](C)NC(C)/C=C/c2ccccc2)c1. The van der Waals surface area contributed by atoms with Crippen molar-refractivity contribution >= 4 is 6.08 Å². The number of hydrogen-bond acceptors (Lipinski definition) is 2. The van der Waals surface area contributed by atoms with E-state index in [1.54, 1.807) is 7.11 Å². The first-order valence-corrected chi connectivity index (χ1v) is 7.32. The minimum absolute atomic E-state index is 0.274. The summed E-state index contributed by atoms with van der Waals surface area (Å²) in [5.41, 5.74) is 2.45. The highest BCUT2D eigenvalue weighted by molar-refractivity contribution is 5.49. The molecular weight excluding hydrogens is 258 g/mol. The maximum absolute atomic E-state index is 5.27. The van der Waals surface area contributed by atoms with Crippen LogP contribution in [0.15, 0.2) is 60.7 Å². The summed E-state index contributed by atoms with van der Waals surface area (Å²) in [6.45, 7) is 4.33. The summed E-state index contributed by atoms with van der Waals surface area (Å²) in [5.74, 6) is 0.897. The van der Waals surface area contributed by atoms with Crippen LogP contribution in [0.5, 0.6) is 5.75 Å². The Hall–Kier alpha value is -2.06. The largest absolute Gasteiger partial charge is 0.497 e. The average molecular weight is 281 g/mol. The van der Waals surface area contributed by atoms with Gasteiger partial charge in [0, 0.05) is 12.1 Å². The Bertz CT molecular complexity index is 577. The predicted octanol–water partition coefficient (Wildman–Crippen LogP) is 4.45. The molecule has 0 aliphatic heterocycles. The van der Waals surface area contributed by atoms with Crippen LogP contribution in [0.1, 0.15) is 31.0 Å². The van der Waals surface area contributed by atoms with E-state index in [-0.39, 0.29) is 6.04 Å². The summed E-state index contributed by atoms with van der Waals surface area (Å²) in [6.07, 6.45) is 4.34. The lowest BCUT2D eigenvalue weighted by molar-refractivity contribution is 0.413. The first-order chi connectivity index (χ1) is 10.2. The van der Waals surface area contributed by atoms with Crippen LogP contribution in [0, 0.1) is 0 Å². The van der Waals surface area contributed by atoms with Crippen LogP contribution in [0.3, 0.4) is 0 Å². The molecule has 0 bridgehead atoms. The van der Waals surface area contributed by atoms with E-state index in [9.17, 15) is 0 Å². The molecule has 0 fully saturated rings. The molecule has 2 rings (SSSR count). The van der Waals surface area contributed by atoms with E-state index in [4.69, 9.17) is 4.74 Å². The summed E-state index contributed by atoms with van der Waals surface area (Å²) >= 11 is 0. The first kappa shape index (κ1) is 15.3. The fourth-order valence-corrected chi connectivity index (χ4v) is 2.28. The van der Waals surface area contributed by atoms with Crippen LogP contribution >= 0.6 is 0 Å². The second-order valence-corrected chi connectivity index (χ2v) is 5.22. The molecule has 0 saturated carbocycles. The summed E-state index contributed by atoms with van der Waals surface area (Å²) in [5, 5.41) is 3.58. The van der Waals surface area contributed by atoms with Crippen molar-refractivity contribution < 1.29 is 4.74 Å². The van der Waals surface area contributed by atoms with Crippen molar-refractivity contribution in [1.29, 1.82) is 0 Å². The predicted molar refractivity (Wildman–Crippen MR) is 89.5 cm³/mol. The highest BCUT2D eigenvalue weighted by Gasteiger charge is 2.08. The Morgan fingerprint density at radius 2 is 1.76 bits per heavy atom. The van der Waals surface area contributed by atoms with Crippen molar-refractivity contribution in [2.24, 2.45) is 0 Å². The average Bonchev–Trinajstić information content (AvgIpc) is 2.54. The van der Waals surface area contributed by atoms with Crippen LogP contribution < -0.4 is 10.1 Å². The molecule has 0 aromatic heterocycles. The van der Waals surface area contributed by atoms with Gasteiger partial charge < -0.3 is 10.1 Å². The molecule has 2 aromatic rings. The minimum atomic E-state index is 0.274. The number of benzene rings is 2. The molecule has 0 aliphatic rings. The van der Waals surface area contributed by atoms with Crippen LogP contribution in [0.4, 0.5) is 0 Å². The molecule has 21 heavy (non-hydrogen) atoms. The van der Waals surface area contributed by atoms with Gasteiger partial charge >= 0.3 is 0 Å². The zero-order valence-electron chi connectivity index (χ0n) is 12.9. The Kier molecular flexibility index (Phi) is 5.59. The zero-order valence-corrected chi connectivity index (χ0v) is 12.9. The molecular formula is C19H23NO. The van der Waals surface area contributed by atoms with Crippen molar-refractivity contribution in [3.8, 4) is 5.75 Å². The topological polar surface area (TPSA) is 21.3 Å². The smallest absolute Gasteiger partial charge is 0.119 e.